The molecule has 3 nitrogen and oxygen atoms in total. The topological polar surface area (TPSA) is 24.5 Å². The van der Waals surface area contributed by atoms with Crippen molar-refractivity contribution in [2.75, 3.05) is 38.2 Å². The monoisotopic (exact) mass is 224 g/mol. The van der Waals surface area contributed by atoms with Gasteiger partial charge in [0.2, 0.25) is 0 Å². The lowest BCUT2D eigenvalue weighted by atomic mass is 10.2. The second-order valence-electron chi connectivity index (χ2n) is 3.97. The van der Waals surface area contributed by atoms with Crippen molar-refractivity contribution < 1.29 is 9.13 Å². The lowest BCUT2D eigenvalue weighted by Gasteiger charge is -2.34. The van der Waals surface area contributed by atoms with Crippen LogP contribution in [0.4, 0.5) is 10.1 Å². The first-order valence-electron chi connectivity index (χ1n) is 5.56. The second kappa shape index (κ2) is 5.27. The third-order valence-corrected chi connectivity index (χ3v) is 2.76. The van der Waals surface area contributed by atoms with E-state index >= 15 is 0 Å². The van der Waals surface area contributed by atoms with Crippen LogP contribution in [0.1, 0.15) is 0 Å². The van der Waals surface area contributed by atoms with E-state index in [2.05, 4.69) is 10.2 Å². The summed E-state index contributed by atoms with van der Waals surface area (Å²) < 4.78 is 18.4. The maximum atomic E-state index is 12.8. The first-order chi connectivity index (χ1) is 7.79. The van der Waals surface area contributed by atoms with E-state index in [1.807, 2.05) is 19.2 Å². The second-order valence-corrected chi connectivity index (χ2v) is 3.97. The van der Waals surface area contributed by atoms with Crippen molar-refractivity contribution in [1.29, 1.82) is 0 Å². The Hall–Kier alpha value is -1.13. The summed E-state index contributed by atoms with van der Waals surface area (Å²) in [6.45, 7) is 3.29. The molecule has 2 rings (SSSR count). The summed E-state index contributed by atoms with van der Waals surface area (Å²) in [5.41, 5.74) is 1.06. The molecule has 1 aliphatic rings. The summed E-state index contributed by atoms with van der Waals surface area (Å²) in [6.07, 6.45) is 0.212. The molecule has 0 aromatic heterocycles. The van der Waals surface area contributed by atoms with Crippen molar-refractivity contribution in [2.24, 2.45) is 0 Å². The number of nitrogens with one attached hydrogen (secondary N) is 1. The van der Waals surface area contributed by atoms with E-state index < -0.39 is 0 Å². The van der Waals surface area contributed by atoms with Crippen LogP contribution >= 0.6 is 0 Å². The highest BCUT2D eigenvalue weighted by Gasteiger charge is 2.19. The lowest BCUT2D eigenvalue weighted by Crippen LogP contribution is -2.46. The largest absolute Gasteiger partial charge is 0.373 e. The summed E-state index contributed by atoms with van der Waals surface area (Å²) in [4.78, 5) is 2.23. The number of morpholine rings is 1. The molecule has 1 aromatic carbocycles. The van der Waals surface area contributed by atoms with E-state index in [9.17, 15) is 4.39 Å². The number of hydrogen-bond acceptors (Lipinski definition) is 3. The highest BCUT2D eigenvalue weighted by Crippen LogP contribution is 2.17. The number of halogens is 1. The molecular weight excluding hydrogens is 207 g/mol. The zero-order valence-electron chi connectivity index (χ0n) is 9.45. The van der Waals surface area contributed by atoms with Crippen LogP contribution in [0.25, 0.3) is 0 Å². The van der Waals surface area contributed by atoms with Gasteiger partial charge in [0.1, 0.15) is 5.82 Å². The Morgan fingerprint density at radius 3 is 2.88 bits per heavy atom. The van der Waals surface area contributed by atoms with E-state index in [0.29, 0.717) is 0 Å². The molecule has 0 aliphatic carbocycles. The standard InChI is InChI=1S/C12H17FN2O/c1-14-8-12-9-15(6-7-16-12)11-4-2-10(13)3-5-11/h2-5,12,14H,6-9H2,1H3. The molecule has 0 saturated carbocycles. The maximum absolute atomic E-state index is 12.8. The number of anilines is 1. The molecule has 1 aliphatic heterocycles. The number of benzene rings is 1. The van der Waals surface area contributed by atoms with Crippen LogP contribution in [-0.4, -0.2) is 39.4 Å². The minimum atomic E-state index is -0.191. The first-order valence-corrected chi connectivity index (χ1v) is 5.56. The van der Waals surface area contributed by atoms with Crippen molar-refractivity contribution in [3.05, 3.63) is 30.1 Å². The Morgan fingerprint density at radius 2 is 2.19 bits per heavy atom. The molecule has 1 atom stereocenters. The Bertz CT molecular complexity index is 326. The molecule has 1 heterocycles. The fourth-order valence-electron chi connectivity index (χ4n) is 1.96. The van der Waals surface area contributed by atoms with E-state index in [1.165, 1.54) is 12.1 Å². The highest BCUT2D eigenvalue weighted by atomic mass is 19.1. The van der Waals surface area contributed by atoms with Gasteiger partial charge in [0.15, 0.2) is 0 Å². The molecule has 1 aromatic rings. The molecule has 1 unspecified atom stereocenters. The average Bonchev–Trinajstić information content (AvgIpc) is 2.31. The third-order valence-electron chi connectivity index (χ3n) is 2.76. The van der Waals surface area contributed by atoms with Gasteiger partial charge in [-0.05, 0) is 31.3 Å². The molecule has 1 fully saturated rings. The first kappa shape index (κ1) is 11.4. The van der Waals surface area contributed by atoms with Crippen LogP contribution in [0.2, 0.25) is 0 Å². The van der Waals surface area contributed by atoms with Crippen LogP contribution in [-0.2, 0) is 4.74 Å². The molecule has 0 spiro atoms. The predicted octanol–water partition coefficient (Wildman–Crippen LogP) is 1.25. The van der Waals surface area contributed by atoms with Gasteiger partial charge >= 0.3 is 0 Å². The normalized spacial score (nSPS) is 21.1. The Labute approximate surface area is 95.2 Å². The smallest absolute Gasteiger partial charge is 0.123 e. The quantitative estimate of drug-likeness (QED) is 0.836. The molecule has 4 heteroatoms. The zero-order chi connectivity index (χ0) is 11.4. The van der Waals surface area contributed by atoms with Gasteiger partial charge in [-0.3, -0.25) is 0 Å². The van der Waals surface area contributed by atoms with Crippen molar-refractivity contribution >= 4 is 5.69 Å². The number of rotatable bonds is 3. The highest BCUT2D eigenvalue weighted by molar-refractivity contribution is 5.46. The van der Waals surface area contributed by atoms with Crippen LogP contribution in [0.15, 0.2) is 24.3 Å². The SMILES string of the molecule is CNCC1CN(c2ccc(F)cc2)CCO1. The molecule has 16 heavy (non-hydrogen) atoms. The van der Waals surface area contributed by atoms with Gasteiger partial charge in [0.05, 0.1) is 12.7 Å². The van der Waals surface area contributed by atoms with Gasteiger partial charge in [-0.1, -0.05) is 0 Å². The molecule has 1 N–H and O–H groups in total. The van der Waals surface area contributed by atoms with Crippen molar-refractivity contribution in [2.45, 2.75) is 6.10 Å². The van der Waals surface area contributed by atoms with E-state index in [-0.39, 0.29) is 11.9 Å². The Kier molecular flexibility index (Phi) is 3.74. The lowest BCUT2D eigenvalue weighted by molar-refractivity contribution is 0.0422. The summed E-state index contributed by atoms with van der Waals surface area (Å²) in [5, 5.41) is 3.11. The van der Waals surface area contributed by atoms with Crippen molar-refractivity contribution in [1.82, 2.24) is 5.32 Å². The summed E-state index contributed by atoms with van der Waals surface area (Å²) in [5.74, 6) is -0.191. The summed E-state index contributed by atoms with van der Waals surface area (Å²) >= 11 is 0. The fraction of sp³-hybridized carbons (Fsp3) is 0.500. The van der Waals surface area contributed by atoms with Gasteiger partial charge in [-0.2, -0.15) is 0 Å². The van der Waals surface area contributed by atoms with Gasteiger partial charge in [-0.25, -0.2) is 4.39 Å². The summed E-state index contributed by atoms with van der Waals surface area (Å²) in [7, 11) is 1.92. The average molecular weight is 224 g/mol. The van der Waals surface area contributed by atoms with Crippen molar-refractivity contribution in [3.8, 4) is 0 Å². The molecule has 1 saturated heterocycles. The Morgan fingerprint density at radius 1 is 1.44 bits per heavy atom. The summed E-state index contributed by atoms with van der Waals surface area (Å²) in [6, 6.07) is 6.63. The van der Waals surface area contributed by atoms with E-state index in [1.54, 1.807) is 0 Å². The maximum Gasteiger partial charge on any atom is 0.123 e. The molecule has 0 amide bonds. The third kappa shape index (κ3) is 2.71. The molecule has 88 valence electrons. The number of hydrogen-bond donors (Lipinski definition) is 1. The minimum Gasteiger partial charge on any atom is -0.373 e. The van der Waals surface area contributed by atoms with Crippen LogP contribution < -0.4 is 10.2 Å². The van der Waals surface area contributed by atoms with Gasteiger partial charge in [-0.15, -0.1) is 0 Å². The number of likely N-dealkylation sites (N-methyl/N-ethyl adjacent to an activating group) is 1. The van der Waals surface area contributed by atoms with E-state index in [4.69, 9.17) is 4.74 Å². The van der Waals surface area contributed by atoms with Crippen LogP contribution in [0.5, 0.6) is 0 Å². The minimum absolute atomic E-state index is 0.191. The number of ether oxygens (including phenoxy) is 1. The van der Waals surface area contributed by atoms with Crippen LogP contribution in [0, 0.1) is 5.82 Å². The van der Waals surface area contributed by atoms with E-state index in [0.717, 1.165) is 31.9 Å². The number of nitrogens with zero attached hydrogens (tertiary/aromatic N) is 1. The molecule has 0 bridgehead atoms. The molecule has 0 radical (unpaired) electrons. The van der Waals surface area contributed by atoms with Gasteiger partial charge in [0.25, 0.3) is 0 Å². The zero-order valence-corrected chi connectivity index (χ0v) is 9.45. The van der Waals surface area contributed by atoms with Crippen LogP contribution in [0.3, 0.4) is 0 Å². The van der Waals surface area contributed by atoms with Gasteiger partial charge in [0, 0.05) is 25.3 Å². The fourth-order valence-corrected chi connectivity index (χ4v) is 1.96. The van der Waals surface area contributed by atoms with Gasteiger partial charge < -0.3 is 15.0 Å². The Balaban J connectivity index is 2.01. The molecular formula is C12H17FN2O. The van der Waals surface area contributed by atoms with Crippen molar-refractivity contribution in [3.63, 3.8) is 0 Å². The predicted molar refractivity (Wildman–Crippen MR) is 62.3 cm³/mol.